The van der Waals surface area contributed by atoms with E-state index in [0.717, 1.165) is 24.1 Å². The van der Waals surface area contributed by atoms with Crippen molar-refractivity contribution in [1.82, 2.24) is 0 Å². The number of aliphatic hydroxyl groups is 1. The lowest BCUT2D eigenvalue weighted by Gasteiger charge is -2.34. The van der Waals surface area contributed by atoms with Gasteiger partial charge in [-0.2, -0.15) is 26.3 Å². The fourth-order valence-corrected chi connectivity index (χ4v) is 5.81. The highest BCUT2D eigenvalue weighted by atomic mass is 19.4. The number of hydrogen-bond donors (Lipinski definition) is 2. The Hall–Kier alpha value is -4.12. The highest BCUT2D eigenvalue weighted by Crippen LogP contribution is 2.48. The number of phenolic OH excluding ortho intramolecular Hbond substituents is 1. The maximum atomic E-state index is 12.5. The van der Waals surface area contributed by atoms with E-state index in [9.17, 15) is 50.6 Å². The zero-order chi connectivity index (χ0) is 44.4. The number of esters is 4. The minimum atomic E-state index is -5.92. The van der Waals surface area contributed by atoms with E-state index in [0.29, 0.717) is 25.0 Å². The molecule has 6 unspecified atom stereocenters. The summed E-state index contributed by atoms with van der Waals surface area (Å²) in [7, 11) is 0. The van der Waals surface area contributed by atoms with Crippen LogP contribution in [0.5, 0.6) is 11.5 Å². The number of fused-ring (bicyclic) bond motifs is 2. The molecule has 0 saturated carbocycles. The molecule has 2 aromatic carbocycles. The van der Waals surface area contributed by atoms with Gasteiger partial charge in [-0.25, -0.2) is 0 Å². The maximum Gasteiger partial charge on any atom is 0.426 e. The first kappa shape index (κ1) is 48.3. The minimum absolute atomic E-state index is 0.144. The van der Waals surface area contributed by atoms with Gasteiger partial charge >= 0.3 is 36.2 Å². The van der Waals surface area contributed by atoms with Gasteiger partial charge in [0.25, 0.3) is 5.60 Å². The summed E-state index contributed by atoms with van der Waals surface area (Å²) in [6, 6.07) is 10.5. The molecule has 3 aliphatic heterocycles. The van der Waals surface area contributed by atoms with Crippen molar-refractivity contribution in [3.63, 3.8) is 0 Å². The van der Waals surface area contributed by atoms with Crippen LogP contribution in [0.3, 0.4) is 0 Å². The smallest absolute Gasteiger partial charge is 0.426 e. The average Bonchev–Trinajstić information content (AvgIpc) is 3.76. The topological polar surface area (TPSA) is 155 Å². The molecular formula is C41H54F6O11. The summed E-state index contributed by atoms with van der Waals surface area (Å²) in [4.78, 5) is 47.2. The zero-order valence-corrected chi connectivity index (χ0v) is 34.3. The Morgan fingerprint density at radius 1 is 0.776 bits per heavy atom. The maximum absolute atomic E-state index is 12.5. The number of halogens is 6. The van der Waals surface area contributed by atoms with Gasteiger partial charge in [-0.3, -0.25) is 19.2 Å². The predicted molar refractivity (Wildman–Crippen MR) is 197 cm³/mol. The van der Waals surface area contributed by atoms with Crippen LogP contribution < -0.4 is 4.74 Å². The van der Waals surface area contributed by atoms with E-state index in [1.807, 2.05) is 47.6 Å². The Balaban J connectivity index is 0.000000233. The number of carbonyl (C=O) groups excluding carboxylic acids is 4. The van der Waals surface area contributed by atoms with E-state index in [2.05, 4.69) is 4.74 Å². The van der Waals surface area contributed by atoms with Crippen molar-refractivity contribution < 1.29 is 79.4 Å². The van der Waals surface area contributed by atoms with Crippen molar-refractivity contribution in [3.05, 3.63) is 36.4 Å². The second-order valence-electron chi connectivity index (χ2n) is 16.8. The monoisotopic (exact) mass is 836 g/mol. The Morgan fingerprint density at radius 3 is 1.81 bits per heavy atom. The molecular weight excluding hydrogens is 782 g/mol. The molecule has 0 aromatic heterocycles. The van der Waals surface area contributed by atoms with E-state index >= 15 is 0 Å². The molecule has 3 heterocycles. The van der Waals surface area contributed by atoms with Crippen LogP contribution in [0.15, 0.2) is 36.4 Å². The molecule has 3 fully saturated rings. The molecule has 2 aromatic rings. The van der Waals surface area contributed by atoms with Crippen LogP contribution in [0.1, 0.15) is 101 Å². The summed E-state index contributed by atoms with van der Waals surface area (Å²) in [5.41, 5.74) is -6.95. The lowest BCUT2D eigenvalue weighted by Crippen LogP contribution is -2.58. The van der Waals surface area contributed by atoms with Crippen molar-refractivity contribution >= 4 is 34.6 Å². The third-order valence-corrected chi connectivity index (χ3v) is 11.2. The first-order valence-electron chi connectivity index (χ1n) is 19.0. The minimum Gasteiger partial charge on any atom is -0.508 e. The molecule has 0 spiro atoms. The molecule has 6 atom stereocenters. The summed E-state index contributed by atoms with van der Waals surface area (Å²) in [5, 5.41) is 20.2. The van der Waals surface area contributed by atoms with E-state index in [-0.39, 0.29) is 41.8 Å². The molecule has 0 amide bonds. The number of phenols is 1. The van der Waals surface area contributed by atoms with Crippen LogP contribution in [0.4, 0.5) is 26.3 Å². The lowest BCUT2D eigenvalue weighted by atomic mass is 9.87. The standard InChI is InChI=1S/C16H18O3.C13H18O5.C12H18F6O3/c1-4-16(2,3)15(18)19-14-8-6-11-9-13(17)7-5-12(11)10-14;1-4-13(2,3)12(15)18-9-7-5-6-8(16-7)10(9)17-11(6)14;1-5-9(3,4)8(19)21-7(2)6-10(20,11(13,14)15)12(16,17)18/h5-10,17H,4H2,1-3H3;6-10H,4-5H2,1-3H3;7,20H,5-6H2,1-4H3. The van der Waals surface area contributed by atoms with Crippen molar-refractivity contribution in [2.24, 2.45) is 22.2 Å². The summed E-state index contributed by atoms with van der Waals surface area (Å²) >= 11 is 0. The summed E-state index contributed by atoms with van der Waals surface area (Å²) in [5.74, 6) is -0.994. The fraction of sp³-hybridized carbons (Fsp3) is 0.659. The molecule has 326 valence electrons. The zero-order valence-electron chi connectivity index (χ0n) is 34.3. The van der Waals surface area contributed by atoms with Gasteiger partial charge in [-0.05, 0) is 109 Å². The lowest BCUT2D eigenvalue weighted by molar-refractivity contribution is -0.373. The second kappa shape index (κ2) is 17.6. The van der Waals surface area contributed by atoms with E-state index in [1.54, 1.807) is 37.3 Å². The first-order valence-corrected chi connectivity index (χ1v) is 19.0. The molecule has 17 heteroatoms. The van der Waals surface area contributed by atoms with Crippen molar-refractivity contribution in [2.75, 3.05) is 0 Å². The summed E-state index contributed by atoms with van der Waals surface area (Å²) in [6.07, 6.45) is -14.3. The van der Waals surface area contributed by atoms with Crippen LogP contribution in [-0.2, 0) is 38.1 Å². The molecule has 58 heavy (non-hydrogen) atoms. The second-order valence-corrected chi connectivity index (χ2v) is 16.8. The first-order chi connectivity index (χ1) is 26.4. The number of rotatable bonds is 11. The van der Waals surface area contributed by atoms with E-state index in [4.69, 9.17) is 24.1 Å². The van der Waals surface area contributed by atoms with Crippen LogP contribution >= 0.6 is 0 Å². The van der Waals surface area contributed by atoms with Crippen molar-refractivity contribution in [1.29, 1.82) is 0 Å². The molecule has 0 radical (unpaired) electrons. The van der Waals surface area contributed by atoms with Crippen LogP contribution in [-0.4, -0.2) is 82.6 Å². The number of benzene rings is 2. The normalized spacial score (nSPS) is 22.2. The van der Waals surface area contributed by atoms with Gasteiger partial charge in [0.1, 0.15) is 23.7 Å². The Morgan fingerprint density at radius 2 is 1.28 bits per heavy atom. The van der Waals surface area contributed by atoms with Crippen LogP contribution in [0, 0.1) is 22.2 Å². The largest absolute Gasteiger partial charge is 0.508 e. The number of carbonyl (C=O) groups is 4. The van der Waals surface area contributed by atoms with Crippen molar-refractivity contribution in [3.8, 4) is 11.5 Å². The predicted octanol–water partition coefficient (Wildman–Crippen LogP) is 8.53. The highest BCUT2D eigenvalue weighted by Gasteiger charge is 2.71. The summed E-state index contributed by atoms with van der Waals surface area (Å²) < 4.78 is 101. The summed E-state index contributed by atoms with van der Waals surface area (Å²) in [6.45, 7) is 16.7. The SMILES string of the molecule is CCC(C)(C)C(=O)OC(C)CC(O)(C(F)(F)F)C(F)(F)F.CCC(C)(C)C(=O)OC1C2CC3C(=O)OC1C3O2.CCC(C)(C)C(=O)Oc1ccc2cc(O)ccc2c1. The van der Waals surface area contributed by atoms with Crippen molar-refractivity contribution in [2.45, 2.75) is 150 Å². The Kier molecular flexibility index (Phi) is 14.7. The fourth-order valence-electron chi connectivity index (χ4n) is 5.81. The average molecular weight is 837 g/mol. The number of alkyl halides is 6. The van der Waals surface area contributed by atoms with Gasteiger partial charge in [0, 0.05) is 6.42 Å². The number of ether oxygens (including phenoxy) is 5. The quantitative estimate of drug-likeness (QED) is 0.0969. The molecule has 5 rings (SSSR count). The third-order valence-electron chi connectivity index (χ3n) is 11.2. The highest BCUT2D eigenvalue weighted by molar-refractivity contribution is 5.86. The Labute approximate surface area is 333 Å². The van der Waals surface area contributed by atoms with E-state index in [1.165, 1.54) is 13.8 Å². The molecule has 3 aliphatic rings. The van der Waals surface area contributed by atoms with E-state index < -0.39 is 64.9 Å². The molecule has 2 N–H and O–H groups in total. The molecule has 2 bridgehead atoms. The van der Waals surface area contributed by atoms with Gasteiger partial charge < -0.3 is 33.9 Å². The number of aromatic hydroxyl groups is 1. The third kappa shape index (κ3) is 10.7. The van der Waals surface area contributed by atoms with Gasteiger partial charge in [0.15, 0.2) is 12.2 Å². The van der Waals surface area contributed by atoms with Gasteiger partial charge in [0.2, 0.25) is 0 Å². The number of hydrogen-bond acceptors (Lipinski definition) is 11. The van der Waals surface area contributed by atoms with Crippen LogP contribution in [0.2, 0.25) is 0 Å². The van der Waals surface area contributed by atoms with Gasteiger partial charge in [-0.1, -0.05) is 32.9 Å². The van der Waals surface area contributed by atoms with Gasteiger partial charge in [0.05, 0.1) is 28.3 Å². The van der Waals surface area contributed by atoms with Gasteiger partial charge in [-0.15, -0.1) is 0 Å². The van der Waals surface area contributed by atoms with Crippen LogP contribution in [0.25, 0.3) is 10.8 Å². The Bertz CT molecular complexity index is 1790. The molecule has 0 aliphatic carbocycles. The molecule has 3 saturated heterocycles. The molecule has 11 nitrogen and oxygen atoms in total.